The van der Waals surface area contributed by atoms with E-state index in [9.17, 15) is 0 Å². The van der Waals surface area contributed by atoms with Crippen LogP contribution in [0.2, 0.25) is 0 Å². The normalized spacial score (nSPS) is 9.44. The van der Waals surface area contributed by atoms with Crippen molar-refractivity contribution in [3.8, 4) is 0 Å². The van der Waals surface area contributed by atoms with Crippen molar-refractivity contribution in [2.75, 3.05) is 6.26 Å². The number of benzene rings is 1. The first-order valence-corrected chi connectivity index (χ1v) is 7.51. The first kappa shape index (κ1) is 7.41. The molecule has 0 aliphatic heterocycles. The molecule has 1 aromatic rings. The van der Waals surface area contributed by atoms with Gasteiger partial charge in [-0.05, 0) is 38.2 Å². The second-order valence-electron chi connectivity index (χ2n) is 1.53. The first-order chi connectivity index (χ1) is 4.43. The third-order valence-electron chi connectivity index (χ3n) is 0.899. The minimum atomic E-state index is 0.247. The van der Waals surface area contributed by atoms with E-state index in [0.717, 1.165) is 0 Å². The molecule has 1 aromatic carbocycles. The molecule has 0 heterocycles. The topological polar surface area (TPSA) is 0 Å². The molecule has 0 saturated carbocycles. The van der Waals surface area contributed by atoms with Gasteiger partial charge in [-0.15, -0.1) is 0 Å². The Bertz CT molecular complexity index is 162. The third-order valence-corrected chi connectivity index (χ3v) is 4.80. The highest BCUT2D eigenvalue weighted by molar-refractivity contribution is 14.3. The van der Waals surface area contributed by atoms with Gasteiger partial charge in [-0.2, -0.15) is 0 Å². The maximum absolute atomic E-state index is 2.20. The van der Waals surface area contributed by atoms with E-state index >= 15 is 0 Å². The molecule has 0 atom stereocenters. The monoisotopic (exact) mass is 251 g/mol. The molecule has 0 fully saturated rings. The van der Waals surface area contributed by atoms with Gasteiger partial charge in [0, 0.05) is 3.57 Å². The SMILES string of the molecule is CS[I]c1ccccc1. The van der Waals surface area contributed by atoms with Crippen LogP contribution in [0.15, 0.2) is 30.3 Å². The summed E-state index contributed by atoms with van der Waals surface area (Å²) in [6, 6.07) is 10.7. The van der Waals surface area contributed by atoms with Crippen molar-refractivity contribution in [1.82, 2.24) is 0 Å². The Balaban J connectivity index is 2.61. The molecule has 0 saturated heterocycles. The second kappa shape index (κ2) is 4.17. The highest BCUT2D eigenvalue weighted by atomic mass is 127. The van der Waals surface area contributed by atoms with Crippen molar-refractivity contribution >= 4 is 28.8 Å². The Morgan fingerprint density at radius 3 is 2.44 bits per heavy atom. The zero-order chi connectivity index (χ0) is 6.53. The fraction of sp³-hybridized carbons (Fsp3) is 0.143. The van der Waals surface area contributed by atoms with E-state index < -0.39 is 0 Å². The Morgan fingerprint density at radius 2 is 1.89 bits per heavy atom. The van der Waals surface area contributed by atoms with Crippen LogP contribution in [0.3, 0.4) is 0 Å². The van der Waals surface area contributed by atoms with Crippen molar-refractivity contribution in [2.45, 2.75) is 0 Å². The summed E-state index contributed by atoms with van der Waals surface area (Å²) in [5.74, 6) is 0. The summed E-state index contributed by atoms with van der Waals surface area (Å²) in [7, 11) is 1.96. The molecule has 0 nitrogen and oxygen atoms in total. The zero-order valence-corrected chi connectivity index (χ0v) is 8.15. The standard InChI is InChI=1S/C7H8IS/c1-9-8-7-5-3-2-4-6-7/h2-6H,1H3. The van der Waals surface area contributed by atoms with Crippen LogP contribution in [0.5, 0.6) is 0 Å². The summed E-state index contributed by atoms with van der Waals surface area (Å²) in [6.45, 7) is 0. The molecule has 9 heavy (non-hydrogen) atoms. The molecule has 0 amide bonds. The molecule has 0 aliphatic rings. The van der Waals surface area contributed by atoms with Gasteiger partial charge in [0.05, 0.1) is 0 Å². The molecule has 0 aliphatic carbocycles. The molecule has 0 bridgehead atoms. The lowest BCUT2D eigenvalue weighted by atomic mass is 10.4. The Labute approximate surface area is 68.8 Å². The average molecular weight is 251 g/mol. The Kier molecular flexibility index (Phi) is 3.43. The first-order valence-electron chi connectivity index (χ1n) is 2.66. The fourth-order valence-corrected chi connectivity index (χ4v) is 3.66. The minimum absolute atomic E-state index is 0.247. The van der Waals surface area contributed by atoms with Gasteiger partial charge in [-0.1, -0.05) is 27.1 Å². The molecule has 2 heteroatoms. The van der Waals surface area contributed by atoms with Gasteiger partial charge in [-0.3, -0.25) is 0 Å². The van der Waals surface area contributed by atoms with Crippen LogP contribution < -0.4 is 0 Å². The lowest BCUT2D eigenvalue weighted by Crippen LogP contribution is -1.65. The van der Waals surface area contributed by atoms with Gasteiger partial charge in [-0.25, -0.2) is 0 Å². The van der Waals surface area contributed by atoms with Crippen molar-refractivity contribution in [1.29, 1.82) is 0 Å². The largest absolute Gasteiger partial charge is 0.0982 e. The van der Waals surface area contributed by atoms with Crippen LogP contribution in [0.4, 0.5) is 0 Å². The summed E-state index contributed by atoms with van der Waals surface area (Å²) in [5, 5.41) is 0. The maximum Gasteiger partial charge on any atom is 0.0137 e. The summed E-state index contributed by atoms with van der Waals surface area (Å²) in [4.78, 5) is 0. The maximum atomic E-state index is 2.20. The van der Waals surface area contributed by atoms with Crippen molar-refractivity contribution < 1.29 is 0 Å². The molecule has 1 radical (unpaired) electrons. The van der Waals surface area contributed by atoms with Gasteiger partial charge < -0.3 is 0 Å². The highest BCUT2D eigenvalue weighted by Gasteiger charge is 1.85. The van der Waals surface area contributed by atoms with Gasteiger partial charge in [0.2, 0.25) is 0 Å². The van der Waals surface area contributed by atoms with Gasteiger partial charge in [0.1, 0.15) is 0 Å². The molecule has 1 rings (SSSR count). The summed E-state index contributed by atoms with van der Waals surface area (Å²) in [5.41, 5.74) is 0. The third kappa shape index (κ3) is 2.58. The van der Waals surface area contributed by atoms with E-state index in [1.807, 2.05) is 8.93 Å². The van der Waals surface area contributed by atoms with E-state index in [1.165, 1.54) is 3.57 Å². The van der Waals surface area contributed by atoms with E-state index in [-0.39, 0.29) is 19.8 Å². The molecular formula is C7H8IS. The number of hydrogen-bond acceptors (Lipinski definition) is 1. The van der Waals surface area contributed by atoms with Crippen LogP contribution in [0.25, 0.3) is 0 Å². The smallest absolute Gasteiger partial charge is 0.0137 e. The van der Waals surface area contributed by atoms with Gasteiger partial charge in [0.15, 0.2) is 0 Å². The molecule has 0 spiro atoms. The van der Waals surface area contributed by atoms with E-state index in [1.54, 1.807) is 0 Å². The fourth-order valence-electron chi connectivity index (χ4n) is 0.555. The van der Waals surface area contributed by atoms with Crippen molar-refractivity contribution in [3.63, 3.8) is 0 Å². The zero-order valence-electron chi connectivity index (χ0n) is 5.17. The number of hydrogen-bond donors (Lipinski definition) is 0. The van der Waals surface area contributed by atoms with Crippen LogP contribution in [0, 0.1) is 3.57 Å². The van der Waals surface area contributed by atoms with Crippen molar-refractivity contribution in [3.05, 3.63) is 33.9 Å². The molecule has 0 N–H and O–H groups in total. The Morgan fingerprint density at radius 1 is 1.22 bits per heavy atom. The molecule has 49 valence electrons. The molecular weight excluding hydrogens is 243 g/mol. The summed E-state index contributed by atoms with van der Waals surface area (Å²) in [6.07, 6.45) is 2.17. The van der Waals surface area contributed by atoms with Crippen molar-refractivity contribution in [2.24, 2.45) is 0 Å². The number of halogens is 1. The van der Waals surface area contributed by atoms with E-state index in [4.69, 9.17) is 0 Å². The number of rotatable bonds is 2. The lowest BCUT2D eigenvalue weighted by molar-refractivity contribution is 1.65. The Hall–Kier alpha value is 0.300. The predicted octanol–water partition coefficient (Wildman–Crippen LogP) is 3.10. The lowest BCUT2D eigenvalue weighted by Gasteiger charge is -1.92. The highest BCUT2D eigenvalue weighted by Crippen LogP contribution is 2.32. The minimum Gasteiger partial charge on any atom is -0.0982 e. The van der Waals surface area contributed by atoms with Gasteiger partial charge >= 0.3 is 0 Å². The molecule has 0 unspecified atom stereocenters. The van der Waals surface area contributed by atoms with E-state index in [0.29, 0.717) is 0 Å². The van der Waals surface area contributed by atoms with Crippen LogP contribution in [-0.2, 0) is 0 Å². The van der Waals surface area contributed by atoms with Crippen LogP contribution in [-0.4, -0.2) is 6.26 Å². The summed E-state index contributed by atoms with van der Waals surface area (Å²) >= 11 is 0.247. The van der Waals surface area contributed by atoms with Crippen LogP contribution in [0.1, 0.15) is 0 Å². The molecule has 0 aromatic heterocycles. The average Bonchev–Trinajstić information content (AvgIpc) is 1.91. The van der Waals surface area contributed by atoms with Gasteiger partial charge in [0.25, 0.3) is 0 Å². The second-order valence-corrected chi connectivity index (χ2v) is 7.20. The van der Waals surface area contributed by atoms with Crippen LogP contribution >= 0.6 is 28.8 Å². The summed E-state index contributed by atoms with van der Waals surface area (Å²) < 4.78 is 1.52. The predicted molar refractivity (Wildman–Crippen MR) is 52.7 cm³/mol. The van der Waals surface area contributed by atoms with E-state index in [2.05, 4.69) is 36.6 Å². The quantitative estimate of drug-likeness (QED) is 0.728.